The van der Waals surface area contributed by atoms with Crippen LogP contribution in [0.3, 0.4) is 0 Å². The van der Waals surface area contributed by atoms with Gasteiger partial charge in [0.1, 0.15) is 5.84 Å². The van der Waals surface area contributed by atoms with E-state index in [9.17, 15) is 0 Å². The standard InChI is InChI=1S/C22H24N4/c1-6-10-24-18(5)26-14-19(7-2)16(3)22-12-21(15-25-17(22)4)20-9-8-11-23-13-20/h6-15H,3H2,1-2,4-5H3/b10-6-,19-7+,24-18?,26-14?. The van der Waals surface area contributed by atoms with Crippen LogP contribution < -0.4 is 0 Å². The second-order valence-electron chi connectivity index (χ2n) is 5.74. The summed E-state index contributed by atoms with van der Waals surface area (Å²) in [4.78, 5) is 17.3. The maximum atomic E-state index is 4.54. The number of rotatable bonds is 5. The molecule has 26 heavy (non-hydrogen) atoms. The monoisotopic (exact) mass is 344 g/mol. The van der Waals surface area contributed by atoms with Gasteiger partial charge in [-0.25, -0.2) is 9.98 Å². The van der Waals surface area contributed by atoms with Gasteiger partial charge < -0.3 is 0 Å². The third-order valence-corrected chi connectivity index (χ3v) is 3.87. The Hall–Kier alpha value is -3.14. The summed E-state index contributed by atoms with van der Waals surface area (Å²) < 4.78 is 0. The van der Waals surface area contributed by atoms with E-state index in [-0.39, 0.29) is 0 Å². The van der Waals surface area contributed by atoms with Crippen LogP contribution in [0.1, 0.15) is 32.0 Å². The van der Waals surface area contributed by atoms with E-state index in [0.29, 0.717) is 5.84 Å². The van der Waals surface area contributed by atoms with Crippen molar-refractivity contribution >= 4 is 17.6 Å². The summed E-state index contributed by atoms with van der Waals surface area (Å²) in [5.41, 5.74) is 5.78. The molecule has 0 aromatic carbocycles. The summed E-state index contributed by atoms with van der Waals surface area (Å²) in [5, 5.41) is 0. The minimum Gasteiger partial charge on any atom is -0.264 e. The predicted molar refractivity (Wildman–Crippen MR) is 111 cm³/mol. The number of aromatic nitrogens is 2. The summed E-state index contributed by atoms with van der Waals surface area (Å²) in [7, 11) is 0. The zero-order valence-electron chi connectivity index (χ0n) is 15.8. The molecule has 2 rings (SSSR count). The maximum absolute atomic E-state index is 4.54. The van der Waals surface area contributed by atoms with Gasteiger partial charge >= 0.3 is 0 Å². The fraction of sp³-hybridized carbons (Fsp3) is 0.182. The van der Waals surface area contributed by atoms with E-state index < -0.39 is 0 Å². The van der Waals surface area contributed by atoms with Crippen LogP contribution in [0.2, 0.25) is 0 Å². The molecule has 0 saturated heterocycles. The Morgan fingerprint density at radius 1 is 1.19 bits per heavy atom. The van der Waals surface area contributed by atoms with Gasteiger partial charge in [-0.2, -0.15) is 0 Å². The lowest BCUT2D eigenvalue weighted by Crippen LogP contribution is -1.98. The van der Waals surface area contributed by atoms with Gasteiger partial charge in [0.25, 0.3) is 0 Å². The third kappa shape index (κ3) is 4.93. The predicted octanol–water partition coefficient (Wildman–Crippen LogP) is 5.43. The van der Waals surface area contributed by atoms with Crippen molar-refractivity contribution in [2.75, 3.05) is 0 Å². The number of amidine groups is 1. The fourth-order valence-corrected chi connectivity index (χ4v) is 2.39. The van der Waals surface area contributed by atoms with Gasteiger partial charge in [0.15, 0.2) is 0 Å². The van der Waals surface area contributed by atoms with Crippen molar-refractivity contribution in [1.29, 1.82) is 0 Å². The quantitative estimate of drug-likeness (QED) is 0.412. The molecule has 0 aliphatic rings. The van der Waals surface area contributed by atoms with Crippen LogP contribution in [0.15, 0.2) is 77.3 Å². The SMILES string of the molecule is C=C(/C(C=NC(C)=N/C=C\C)=C/C)c1cc(-c2cccnc2)cnc1C. The van der Waals surface area contributed by atoms with E-state index in [0.717, 1.165) is 33.5 Å². The Morgan fingerprint density at radius 2 is 2.00 bits per heavy atom. The van der Waals surface area contributed by atoms with Crippen LogP contribution in [0.5, 0.6) is 0 Å². The lowest BCUT2D eigenvalue weighted by Gasteiger charge is -2.11. The Kier molecular flexibility index (Phi) is 6.92. The van der Waals surface area contributed by atoms with Crippen molar-refractivity contribution < 1.29 is 0 Å². The molecule has 0 bridgehead atoms. The van der Waals surface area contributed by atoms with Crippen molar-refractivity contribution in [1.82, 2.24) is 9.97 Å². The first-order valence-electron chi connectivity index (χ1n) is 8.49. The molecule has 2 heterocycles. The summed E-state index contributed by atoms with van der Waals surface area (Å²) in [6.07, 6.45) is 12.8. The van der Waals surface area contributed by atoms with Gasteiger partial charge in [-0.05, 0) is 51.0 Å². The number of nitrogens with zero attached hydrogens (tertiary/aromatic N) is 4. The lowest BCUT2D eigenvalue weighted by atomic mass is 9.96. The number of hydrogen-bond acceptors (Lipinski definition) is 3. The highest BCUT2D eigenvalue weighted by molar-refractivity contribution is 6.04. The first-order chi connectivity index (χ1) is 12.6. The van der Waals surface area contributed by atoms with E-state index >= 15 is 0 Å². The Labute approximate surface area is 155 Å². The molecule has 2 aromatic rings. The number of pyridine rings is 2. The van der Waals surface area contributed by atoms with E-state index in [1.807, 2.05) is 64.4 Å². The van der Waals surface area contributed by atoms with Crippen molar-refractivity contribution in [2.24, 2.45) is 9.98 Å². The molecule has 0 atom stereocenters. The zero-order chi connectivity index (χ0) is 18.9. The second kappa shape index (κ2) is 9.37. The van der Waals surface area contributed by atoms with Crippen molar-refractivity contribution in [3.63, 3.8) is 0 Å². The highest BCUT2D eigenvalue weighted by atomic mass is 14.9. The van der Waals surface area contributed by atoms with Crippen LogP contribution in [-0.4, -0.2) is 22.0 Å². The molecule has 0 fully saturated rings. The Morgan fingerprint density at radius 3 is 2.65 bits per heavy atom. The van der Waals surface area contributed by atoms with Gasteiger partial charge in [-0.3, -0.25) is 9.97 Å². The summed E-state index contributed by atoms with van der Waals surface area (Å²) in [6.45, 7) is 12.0. The molecule has 4 nitrogen and oxygen atoms in total. The van der Waals surface area contributed by atoms with Crippen LogP contribution >= 0.6 is 0 Å². The number of aryl methyl sites for hydroxylation is 1. The van der Waals surface area contributed by atoms with Crippen LogP contribution in [0.25, 0.3) is 16.7 Å². The number of aliphatic imine (C=N–C) groups is 2. The number of allylic oxidation sites excluding steroid dienone is 4. The summed E-state index contributed by atoms with van der Waals surface area (Å²) in [5.74, 6) is 0.689. The molecular weight excluding hydrogens is 320 g/mol. The largest absolute Gasteiger partial charge is 0.264 e. The Bertz CT molecular complexity index is 888. The van der Waals surface area contributed by atoms with Crippen molar-refractivity contribution in [2.45, 2.75) is 27.7 Å². The van der Waals surface area contributed by atoms with Gasteiger partial charge in [-0.15, -0.1) is 0 Å². The minimum atomic E-state index is 0.689. The first kappa shape index (κ1) is 19.2. The zero-order valence-corrected chi connectivity index (χ0v) is 15.8. The molecule has 0 aliphatic heterocycles. The van der Waals surface area contributed by atoms with E-state index in [2.05, 4.69) is 32.6 Å². The first-order valence-corrected chi connectivity index (χ1v) is 8.49. The molecule has 2 aromatic heterocycles. The molecule has 132 valence electrons. The van der Waals surface area contributed by atoms with E-state index in [1.165, 1.54) is 0 Å². The third-order valence-electron chi connectivity index (χ3n) is 3.87. The second-order valence-corrected chi connectivity index (χ2v) is 5.74. The van der Waals surface area contributed by atoms with Crippen LogP contribution in [0.4, 0.5) is 0 Å². The molecule has 0 radical (unpaired) electrons. The van der Waals surface area contributed by atoms with E-state index in [1.54, 1.807) is 18.6 Å². The van der Waals surface area contributed by atoms with Crippen molar-refractivity contribution in [3.8, 4) is 11.1 Å². The fourth-order valence-electron chi connectivity index (χ4n) is 2.39. The van der Waals surface area contributed by atoms with Gasteiger partial charge in [0, 0.05) is 53.4 Å². The lowest BCUT2D eigenvalue weighted by molar-refractivity contribution is 1.18. The summed E-state index contributed by atoms with van der Waals surface area (Å²) >= 11 is 0. The normalized spacial score (nSPS) is 12.9. The van der Waals surface area contributed by atoms with Gasteiger partial charge in [0.2, 0.25) is 0 Å². The van der Waals surface area contributed by atoms with Gasteiger partial charge in [-0.1, -0.05) is 24.8 Å². The summed E-state index contributed by atoms with van der Waals surface area (Å²) in [6, 6.07) is 6.03. The number of hydrogen-bond donors (Lipinski definition) is 0. The molecular formula is C22H24N4. The molecule has 0 aliphatic carbocycles. The van der Waals surface area contributed by atoms with Crippen LogP contribution in [0, 0.1) is 6.92 Å². The van der Waals surface area contributed by atoms with Gasteiger partial charge in [0.05, 0.1) is 0 Å². The maximum Gasteiger partial charge on any atom is 0.125 e. The van der Waals surface area contributed by atoms with Crippen LogP contribution in [-0.2, 0) is 0 Å². The van der Waals surface area contributed by atoms with Crippen molar-refractivity contribution in [3.05, 3.63) is 78.6 Å². The van der Waals surface area contributed by atoms with E-state index in [4.69, 9.17) is 0 Å². The molecule has 0 amide bonds. The Balaban J connectivity index is 2.34. The highest BCUT2D eigenvalue weighted by Crippen LogP contribution is 2.27. The average molecular weight is 344 g/mol. The molecule has 4 heteroatoms. The topological polar surface area (TPSA) is 50.5 Å². The molecule has 0 spiro atoms. The smallest absolute Gasteiger partial charge is 0.125 e. The average Bonchev–Trinajstić information content (AvgIpc) is 2.67. The minimum absolute atomic E-state index is 0.689. The molecule has 0 N–H and O–H groups in total. The molecule has 0 saturated carbocycles. The highest BCUT2D eigenvalue weighted by Gasteiger charge is 2.10. The molecule has 0 unspecified atom stereocenters.